The van der Waals surface area contributed by atoms with Gasteiger partial charge in [0.25, 0.3) is 0 Å². The quantitative estimate of drug-likeness (QED) is 0.488. The predicted molar refractivity (Wildman–Crippen MR) is 146 cm³/mol. The summed E-state index contributed by atoms with van der Waals surface area (Å²) in [5, 5.41) is 0. The van der Waals surface area contributed by atoms with Crippen molar-refractivity contribution in [1.29, 1.82) is 0 Å². The third-order valence-corrected chi connectivity index (χ3v) is 7.33. The minimum Gasteiger partial charge on any atom is -0.381 e. The van der Waals surface area contributed by atoms with Crippen molar-refractivity contribution >= 4 is 40.6 Å². The second-order valence-electron chi connectivity index (χ2n) is 10.3. The van der Waals surface area contributed by atoms with Gasteiger partial charge in [-0.25, -0.2) is 19.9 Å². The standard InChI is InChI=1S/C28H35N7O/c1-33(2)28-24(29-22-7-3-4-8-23(22)30-28)11-12-25-31-26(34-15-5-6-16-34)19-27(32-25)35(20-9-10-20)21-13-17-36-18-14-21/h3-4,7-8,11-12,19-21H,5-6,9-10,13-18H2,1-2H3. The molecule has 1 aliphatic carbocycles. The molecule has 6 rings (SSSR count). The fourth-order valence-electron chi connectivity index (χ4n) is 5.34. The van der Waals surface area contributed by atoms with Crippen molar-refractivity contribution in [3.63, 3.8) is 0 Å². The Labute approximate surface area is 213 Å². The van der Waals surface area contributed by atoms with Crippen LogP contribution in [-0.4, -0.2) is 72.4 Å². The number of benzene rings is 1. The van der Waals surface area contributed by atoms with Crippen molar-refractivity contribution in [2.45, 2.75) is 50.6 Å². The molecule has 4 heterocycles. The fourth-order valence-corrected chi connectivity index (χ4v) is 5.34. The molecule has 2 saturated heterocycles. The monoisotopic (exact) mass is 485 g/mol. The Bertz CT molecular complexity index is 1240. The number of fused-ring (bicyclic) bond motifs is 1. The van der Waals surface area contributed by atoms with Gasteiger partial charge in [-0.15, -0.1) is 0 Å². The van der Waals surface area contributed by atoms with Crippen LogP contribution in [0.5, 0.6) is 0 Å². The van der Waals surface area contributed by atoms with Crippen LogP contribution >= 0.6 is 0 Å². The van der Waals surface area contributed by atoms with Crippen LogP contribution in [-0.2, 0) is 4.74 Å². The Morgan fingerprint density at radius 3 is 2.25 bits per heavy atom. The topological polar surface area (TPSA) is 70.5 Å². The van der Waals surface area contributed by atoms with Gasteiger partial charge in [-0.1, -0.05) is 12.1 Å². The van der Waals surface area contributed by atoms with Gasteiger partial charge in [0.05, 0.1) is 11.0 Å². The maximum absolute atomic E-state index is 5.67. The van der Waals surface area contributed by atoms with Crippen molar-refractivity contribution in [1.82, 2.24) is 19.9 Å². The van der Waals surface area contributed by atoms with E-state index < -0.39 is 0 Å². The molecule has 3 fully saturated rings. The molecule has 3 aromatic rings. The van der Waals surface area contributed by atoms with E-state index in [0.717, 1.165) is 79.2 Å². The zero-order chi connectivity index (χ0) is 24.5. The summed E-state index contributed by atoms with van der Waals surface area (Å²) in [4.78, 5) is 26.8. The molecule has 8 nitrogen and oxygen atoms in total. The van der Waals surface area contributed by atoms with Gasteiger partial charge in [0, 0.05) is 58.5 Å². The van der Waals surface area contributed by atoms with Crippen LogP contribution in [0.4, 0.5) is 17.5 Å². The molecule has 0 spiro atoms. The largest absolute Gasteiger partial charge is 0.381 e. The first kappa shape index (κ1) is 23.2. The Morgan fingerprint density at radius 1 is 0.861 bits per heavy atom. The normalized spacial score (nSPS) is 18.9. The summed E-state index contributed by atoms with van der Waals surface area (Å²) in [6.45, 7) is 3.78. The number of aromatic nitrogens is 4. The molecular formula is C28H35N7O. The predicted octanol–water partition coefficient (Wildman–Crippen LogP) is 4.40. The molecule has 0 bridgehead atoms. The van der Waals surface area contributed by atoms with Crippen molar-refractivity contribution < 1.29 is 4.74 Å². The van der Waals surface area contributed by atoms with Crippen LogP contribution in [0.1, 0.15) is 50.0 Å². The number of ether oxygens (including phenoxy) is 1. The number of para-hydroxylation sites is 2. The maximum atomic E-state index is 5.67. The van der Waals surface area contributed by atoms with Gasteiger partial charge < -0.3 is 19.4 Å². The van der Waals surface area contributed by atoms with E-state index >= 15 is 0 Å². The summed E-state index contributed by atoms with van der Waals surface area (Å²) in [6, 6.07) is 11.3. The van der Waals surface area contributed by atoms with Crippen molar-refractivity contribution in [3.05, 3.63) is 41.9 Å². The molecule has 1 aromatic carbocycles. The molecular weight excluding hydrogens is 450 g/mol. The molecule has 1 saturated carbocycles. The minimum absolute atomic E-state index is 0.483. The Hall–Kier alpha value is -3.26. The highest BCUT2D eigenvalue weighted by Crippen LogP contribution is 2.36. The van der Waals surface area contributed by atoms with E-state index in [2.05, 4.69) is 15.9 Å². The lowest BCUT2D eigenvalue weighted by Crippen LogP contribution is -2.41. The lowest BCUT2D eigenvalue weighted by molar-refractivity contribution is 0.0839. The Kier molecular flexibility index (Phi) is 6.44. The van der Waals surface area contributed by atoms with Gasteiger partial charge in [0.2, 0.25) is 0 Å². The van der Waals surface area contributed by atoms with E-state index in [0.29, 0.717) is 12.1 Å². The van der Waals surface area contributed by atoms with Gasteiger partial charge in [-0.05, 0) is 62.8 Å². The zero-order valence-electron chi connectivity index (χ0n) is 21.3. The number of hydrogen-bond acceptors (Lipinski definition) is 8. The molecule has 0 atom stereocenters. The lowest BCUT2D eigenvalue weighted by Gasteiger charge is -2.36. The van der Waals surface area contributed by atoms with Crippen LogP contribution in [0.2, 0.25) is 0 Å². The highest BCUT2D eigenvalue weighted by molar-refractivity contribution is 5.81. The number of rotatable bonds is 7. The highest BCUT2D eigenvalue weighted by Gasteiger charge is 2.36. The number of anilines is 3. The van der Waals surface area contributed by atoms with Crippen LogP contribution < -0.4 is 14.7 Å². The molecule has 8 heteroatoms. The maximum Gasteiger partial charge on any atom is 0.156 e. The average molecular weight is 486 g/mol. The second-order valence-corrected chi connectivity index (χ2v) is 10.3. The second kappa shape index (κ2) is 10.0. The smallest absolute Gasteiger partial charge is 0.156 e. The summed E-state index contributed by atoms with van der Waals surface area (Å²) in [5.74, 6) is 3.65. The summed E-state index contributed by atoms with van der Waals surface area (Å²) in [6.07, 6.45) is 11.1. The fraction of sp³-hybridized carbons (Fsp3) is 0.500. The van der Waals surface area contributed by atoms with E-state index in [1.165, 1.54) is 25.7 Å². The van der Waals surface area contributed by atoms with Gasteiger partial charge in [-0.2, -0.15) is 0 Å². The van der Waals surface area contributed by atoms with Crippen molar-refractivity contribution in [2.24, 2.45) is 0 Å². The molecule has 0 unspecified atom stereocenters. The van der Waals surface area contributed by atoms with Gasteiger partial charge in [0.15, 0.2) is 11.6 Å². The van der Waals surface area contributed by atoms with E-state index in [9.17, 15) is 0 Å². The third-order valence-electron chi connectivity index (χ3n) is 7.33. The molecule has 0 N–H and O–H groups in total. The van der Waals surface area contributed by atoms with E-state index in [1.54, 1.807) is 0 Å². The SMILES string of the molecule is CN(C)c1nc2ccccc2nc1C=Cc1nc(N2CCCC2)cc(N(C2CCOCC2)C2CC2)n1. The Morgan fingerprint density at radius 2 is 1.56 bits per heavy atom. The van der Waals surface area contributed by atoms with E-state index in [-0.39, 0.29) is 0 Å². The molecule has 36 heavy (non-hydrogen) atoms. The molecule has 2 aromatic heterocycles. The van der Waals surface area contributed by atoms with Gasteiger partial charge in [-0.3, -0.25) is 0 Å². The van der Waals surface area contributed by atoms with Crippen LogP contribution in [0, 0.1) is 0 Å². The molecule has 2 aliphatic heterocycles. The van der Waals surface area contributed by atoms with Crippen LogP contribution in [0.25, 0.3) is 23.2 Å². The summed E-state index contributed by atoms with van der Waals surface area (Å²) >= 11 is 0. The van der Waals surface area contributed by atoms with Crippen LogP contribution in [0.15, 0.2) is 30.3 Å². The zero-order valence-corrected chi connectivity index (χ0v) is 21.3. The average Bonchev–Trinajstić information content (AvgIpc) is 3.57. The summed E-state index contributed by atoms with van der Waals surface area (Å²) in [5.41, 5.74) is 2.60. The minimum atomic E-state index is 0.483. The van der Waals surface area contributed by atoms with E-state index in [1.807, 2.05) is 55.4 Å². The summed E-state index contributed by atoms with van der Waals surface area (Å²) < 4.78 is 5.67. The first-order valence-corrected chi connectivity index (χ1v) is 13.3. The first-order chi connectivity index (χ1) is 17.7. The van der Waals surface area contributed by atoms with Gasteiger partial charge >= 0.3 is 0 Å². The molecule has 0 radical (unpaired) electrons. The number of hydrogen-bond donors (Lipinski definition) is 0. The van der Waals surface area contributed by atoms with E-state index in [4.69, 9.17) is 24.7 Å². The molecule has 188 valence electrons. The van der Waals surface area contributed by atoms with Crippen LogP contribution in [0.3, 0.4) is 0 Å². The summed E-state index contributed by atoms with van der Waals surface area (Å²) in [7, 11) is 4.00. The lowest BCUT2D eigenvalue weighted by atomic mass is 10.1. The van der Waals surface area contributed by atoms with Gasteiger partial charge in [0.1, 0.15) is 17.3 Å². The number of nitrogens with zero attached hydrogens (tertiary/aromatic N) is 7. The van der Waals surface area contributed by atoms with Crippen molar-refractivity contribution in [2.75, 3.05) is 55.1 Å². The first-order valence-electron chi connectivity index (χ1n) is 13.3. The molecule has 0 amide bonds. The molecule has 3 aliphatic rings. The Balaban J connectivity index is 1.39. The van der Waals surface area contributed by atoms with Crippen molar-refractivity contribution in [3.8, 4) is 0 Å². The third kappa shape index (κ3) is 4.87. The highest BCUT2D eigenvalue weighted by atomic mass is 16.5.